The van der Waals surface area contributed by atoms with Crippen molar-refractivity contribution in [3.05, 3.63) is 53.1 Å². The summed E-state index contributed by atoms with van der Waals surface area (Å²) in [4.78, 5) is 36.1. The third-order valence-electron chi connectivity index (χ3n) is 4.76. The summed E-state index contributed by atoms with van der Waals surface area (Å²) in [6.07, 6.45) is -3.73. The number of amidine groups is 1. The molecule has 190 valence electrons. The van der Waals surface area contributed by atoms with Crippen LogP contribution in [0.1, 0.15) is 27.9 Å². The number of amides is 2. The number of thioether (sulfide) groups is 1. The summed E-state index contributed by atoms with van der Waals surface area (Å²) in [6.45, 7) is 0. The van der Waals surface area contributed by atoms with Crippen LogP contribution in [0, 0.1) is 0 Å². The number of rotatable bonds is 8. The van der Waals surface area contributed by atoms with Crippen LogP contribution in [0.25, 0.3) is 0 Å². The van der Waals surface area contributed by atoms with Crippen molar-refractivity contribution in [2.45, 2.75) is 17.8 Å². The molecule has 1 aliphatic heterocycles. The van der Waals surface area contributed by atoms with Gasteiger partial charge in [-0.15, -0.1) is 5.10 Å². The van der Waals surface area contributed by atoms with E-state index in [9.17, 15) is 32.7 Å². The lowest BCUT2D eigenvalue weighted by molar-refractivity contribution is -0.137. The van der Waals surface area contributed by atoms with Gasteiger partial charge < -0.3 is 25.2 Å². The van der Waals surface area contributed by atoms with Gasteiger partial charge in [-0.1, -0.05) is 17.8 Å². The maximum atomic E-state index is 12.8. The van der Waals surface area contributed by atoms with Crippen LogP contribution in [-0.2, 0) is 15.8 Å². The lowest BCUT2D eigenvalue weighted by Crippen LogP contribution is -2.28. The van der Waals surface area contributed by atoms with E-state index in [2.05, 4.69) is 20.8 Å². The molecule has 36 heavy (non-hydrogen) atoms. The first-order chi connectivity index (χ1) is 17.0. The number of methoxy groups -OCH3 is 2. The molecule has 1 aliphatic rings. The molecule has 0 unspecified atom stereocenters. The second kappa shape index (κ2) is 11.1. The molecule has 1 fully saturated rings. The smallest absolute Gasteiger partial charge is 0.416 e. The van der Waals surface area contributed by atoms with Crippen molar-refractivity contribution in [1.29, 1.82) is 0 Å². The van der Waals surface area contributed by atoms with Crippen molar-refractivity contribution in [3.63, 3.8) is 0 Å². The molecule has 14 heteroatoms. The number of hydrogen-bond donors (Lipinski definition) is 3. The van der Waals surface area contributed by atoms with E-state index >= 15 is 0 Å². The molecular weight excluding hydrogens is 505 g/mol. The molecule has 2 aromatic carbocycles. The highest BCUT2D eigenvalue weighted by atomic mass is 32.2. The average molecular weight is 524 g/mol. The van der Waals surface area contributed by atoms with E-state index < -0.39 is 34.8 Å². The molecule has 0 radical (unpaired) electrons. The number of anilines is 1. The first-order valence-electron chi connectivity index (χ1n) is 10.1. The van der Waals surface area contributed by atoms with Crippen LogP contribution in [0.4, 0.5) is 18.9 Å². The number of halogens is 3. The van der Waals surface area contributed by atoms with Crippen molar-refractivity contribution in [2.24, 2.45) is 10.2 Å². The van der Waals surface area contributed by atoms with E-state index in [-0.39, 0.29) is 39.9 Å². The SMILES string of the molecule is COc1ccc(/C=N\N=C2/NC(=O)[C@H](CC(=O)Nc3cccc(C(F)(F)F)c3)S2)c(C(=O)O)c1OC. The molecule has 10 nitrogen and oxygen atoms in total. The molecule has 1 saturated heterocycles. The molecule has 0 spiro atoms. The summed E-state index contributed by atoms with van der Waals surface area (Å²) >= 11 is 0.898. The van der Waals surface area contributed by atoms with Crippen molar-refractivity contribution in [1.82, 2.24) is 5.32 Å². The van der Waals surface area contributed by atoms with Crippen molar-refractivity contribution < 1.29 is 42.1 Å². The number of carbonyl (C=O) groups excluding carboxylic acids is 2. The second-order valence-corrected chi connectivity index (χ2v) is 8.34. The Morgan fingerprint density at radius 1 is 1.22 bits per heavy atom. The molecule has 1 atom stereocenters. The number of hydrogen-bond acceptors (Lipinski definition) is 8. The van der Waals surface area contributed by atoms with E-state index in [1.54, 1.807) is 0 Å². The molecular formula is C22H19F3N4O6S. The summed E-state index contributed by atoms with van der Waals surface area (Å²) < 4.78 is 48.7. The van der Waals surface area contributed by atoms with Crippen LogP contribution in [0.5, 0.6) is 11.5 Å². The number of nitrogens with zero attached hydrogens (tertiary/aromatic N) is 2. The third kappa shape index (κ3) is 6.33. The average Bonchev–Trinajstić information content (AvgIpc) is 3.16. The number of carboxylic acids is 1. The van der Waals surface area contributed by atoms with Crippen molar-refractivity contribution in [2.75, 3.05) is 19.5 Å². The topological polar surface area (TPSA) is 139 Å². The number of aromatic carboxylic acids is 1. The Bertz CT molecular complexity index is 1250. The van der Waals surface area contributed by atoms with Crippen LogP contribution in [0.2, 0.25) is 0 Å². The fourth-order valence-corrected chi connectivity index (χ4v) is 4.08. The van der Waals surface area contributed by atoms with Crippen LogP contribution in [0.3, 0.4) is 0 Å². The van der Waals surface area contributed by atoms with Crippen LogP contribution >= 0.6 is 11.8 Å². The van der Waals surface area contributed by atoms with Gasteiger partial charge in [0.2, 0.25) is 11.8 Å². The zero-order chi connectivity index (χ0) is 26.5. The molecule has 0 aliphatic carbocycles. The molecule has 2 aromatic rings. The number of alkyl halides is 3. The van der Waals surface area contributed by atoms with Gasteiger partial charge in [-0.25, -0.2) is 4.79 Å². The van der Waals surface area contributed by atoms with Crippen LogP contribution in [0.15, 0.2) is 46.6 Å². The Kier molecular flexibility index (Phi) is 8.19. The quantitative estimate of drug-likeness (QED) is 0.356. The highest BCUT2D eigenvalue weighted by molar-refractivity contribution is 8.15. The summed E-state index contributed by atoms with van der Waals surface area (Å²) in [5, 5.41) is 21.1. The highest BCUT2D eigenvalue weighted by Gasteiger charge is 2.33. The molecule has 3 N–H and O–H groups in total. The fourth-order valence-electron chi connectivity index (χ4n) is 3.15. The lowest BCUT2D eigenvalue weighted by atomic mass is 10.1. The van der Waals surface area contributed by atoms with Crippen molar-refractivity contribution >= 4 is 46.6 Å². The normalized spacial score (nSPS) is 16.8. The molecule has 1 heterocycles. The summed E-state index contributed by atoms with van der Waals surface area (Å²) in [6, 6.07) is 7.06. The van der Waals surface area contributed by atoms with E-state index in [1.807, 2.05) is 0 Å². The molecule has 0 saturated carbocycles. The number of nitrogens with one attached hydrogen (secondary N) is 2. The van der Waals surface area contributed by atoms with Gasteiger partial charge in [-0.05, 0) is 30.3 Å². The number of benzene rings is 2. The van der Waals surface area contributed by atoms with Gasteiger partial charge in [0.25, 0.3) is 0 Å². The largest absolute Gasteiger partial charge is 0.493 e. The van der Waals surface area contributed by atoms with E-state index in [4.69, 9.17) is 9.47 Å². The Labute approximate surface area is 206 Å². The van der Waals surface area contributed by atoms with Gasteiger partial charge in [0.15, 0.2) is 16.7 Å². The lowest BCUT2D eigenvalue weighted by Gasteiger charge is -2.11. The third-order valence-corrected chi connectivity index (χ3v) is 5.83. The fraction of sp³-hybridized carbons (Fsp3) is 0.227. The predicted molar refractivity (Wildman–Crippen MR) is 126 cm³/mol. The van der Waals surface area contributed by atoms with Crippen LogP contribution < -0.4 is 20.1 Å². The minimum absolute atomic E-state index is 0.00278. The van der Waals surface area contributed by atoms with Crippen molar-refractivity contribution in [3.8, 4) is 11.5 Å². The Balaban J connectivity index is 1.67. The minimum Gasteiger partial charge on any atom is -0.493 e. The van der Waals surface area contributed by atoms with Gasteiger partial charge in [-0.2, -0.15) is 18.3 Å². The molecule has 3 rings (SSSR count). The Hall–Kier alpha value is -4.07. The monoisotopic (exact) mass is 524 g/mol. The number of carbonyl (C=O) groups is 3. The molecule has 2 amide bonds. The summed E-state index contributed by atoms with van der Waals surface area (Å²) in [7, 11) is 2.65. The van der Waals surface area contributed by atoms with Gasteiger partial charge >= 0.3 is 12.1 Å². The van der Waals surface area contributed by atoms with Gasteiger partial charge in [0.1, 0.15) is 10.8 Å². The van der Waals surface area contributed by atoms with Gasteiger partial charge in [-0.3, -0.25) is 9.59 Å². The zero-order valence-corrected chi connectivity index (χ0v) is 19.6. The van der Waals surface area contributed by atoms with Gasteiger partial charge in [0, 0.05) is 17.7 Å². The van der Waals surface area contributed by atoms with E-state index in [1.165, 1.54) is 32.4 Å². The first-order valence-corrected chi connectivity index (χ1v) is 11.0. The van der Waals surface area contributed by atoms with Crippen LogP contribution in [-0.4, -0.2) is 53.7 Å². The zero-order valence-electron chi connectivity index (χ0n) is 18.8. The minimum atomic E-state index is -4.56. The maximum Gasteiger partial charge on any atom is 0.416 e. The highest BCUT2D eigenvalue weighted by Crippen LogP contribution is 2.33. The Morgan fingerprint density at radius 2 is 1.97 bits per heavy atom. The van der Waals surface area contributed by atoms with Gasteiger partial charge in [0.05, 0.1) is 26.0 Å². The first kappa shape index (κ1) is 26.5. The molecule has 0 aromatic heterocycles. The second-order valence-electron chi connectivity index (χ2n) is 7.15. The van der Waals surface area contributed by atoms with E-state index in [0.717, 1.165) is 36.2 Å². The van der Waals surface area contributed by atoms with E-state index in [0.29, 0.717) is 0 Å². The standard InChI is InChI=1S/C22H19F3N4O6S/c1-34-14-7-6-11(17(20(32)33)18(14)35-2)10-26-29-21-28-19(31)15(36-21)9-16(30)27-13-5-3-4-12(8-13)22(23,24)25/h3-8,10,15H,9H2,1-2H3,(H,27,30)(H,32,33)(H,28,29,31)/b26-10-/t15-/m0/s1. The maximum absolute atomic E-state index is 12.8. The summed E-state index contributed by atoms with van der Waals surface area (Å²) in [5.74, 6) is -2.27. The summed E-state index contributed by atoms with van der Waals surface area (Å²) in [5.41, 5.74) is -1.01. The Morgan fingerprint density at radius 3 is 2.61 bits per heavy atom. The number of ether oxygens (including phenoxy) is 2. The molecule has 0 bridgehead atoms. The predicted octanol–water partition coefficient (Wildman–Crippen LogP) is 3.37. The number of carboxylic acid groups (broad SMARTS) is 1.